The Kier molecular flexibility index (Phi) is 1.86. The van der Waals surface area contributed by atoms with Gasteiger partial charge in [-0.25, -0.2) is 4.79 Å². The molecule has 2 aliphatic rings. The van der Waals surface area contributed by atoms with E-state index in [9.17, 15) is 4.79 Å². The lowest BCUT2D eigenvalue weighted by Gasteiger charge is -2.31. The first-order valence-corrected chi connectivity index (χ1v) is 6.56. The van der Waals surface area contributed by atoms with Crippen molar-refractivity contribution in [2.75, 3.05) is 18.5 Å². The lowest BCUT2D eigenvalue weighted by Crippen LogP contribution is -2.32. The minimum atomic E-state index is -0.792. The largest absolute Gasteiger partial charge is 0.477 e. The third-order valence-electron chi connectivity index (χ3n) is 2.98. The van der Waals surface area contributed by atoms with Gasteiger partial charge < -0.3 is 10.0 Å². The van der Waals surface area contributed by atoms with Crippen molar-refractivity contribution >= 4 is 34.8 Å². The maximum atomic E-state index is 11.1. The fourth-order valence-corrected chi connectivity index (χ4v) is 4.69. The first-order valence-electron chi connectivity index (χ1n) is 4.86. The van der Waals surface area contributed by atoms with Gasteiger partial charge in [0.15, 0.2) is 0 Å². The zero-order valence-electron chi connectivity index (χ0n) is 8.32. The van der Waals surface area contributed by atoms with Gasteiger partial charge in [-0.1, -0.05) is 0 Å². The van der Waals surface area contributed by atoms with E-state index in [-0.39, 0.29) is 0 Å². The van der Waals surface area contributed by atoms with Crippen molar-refractivity contribution < 1.29 is 9.90 Å². The Hall–Kier alpha value is -0.680. The van der Waals surface area contributed by atoms with Crippen molar-refractivity contribution in [3.05, 3.63) is 10.3 Å². The van der Waals surface area contributed by atoms with Crippen LogP contribution < -0.4 is 4.90 Å². The van der Waals surface area contributed by atoms with Crippen LogP contribution in [0.5, 0.6) is 0 Å². The SMILES string of the molecule is CN1CC2(CC2)Sc2c1csc2C(=O)O. The molecule has 0 saturated heterocycles. The summed E-state index contributed by atoms with van der Waals surface area (Å²) in [5.41, 5.74) is 1.10. The molecule has 0 aromatic carbocycles. The van der Waals surface area contributed by atoms with Crippen LogP contribution in [0, 0.1) is 0 Å². The van der Waals surface area contributed by atoms with E-state index in [1.807, 2.05) is 5.38 Å². The number of fused-ring (bicyclic) bond motifs is 1. The van der Waals surface area contributed by atoms with Crippen LogP contribution >= 0.6 is 23.1 Å². The summed E-state index contributed by atoms with van der Waals surface area (Å²) >= 11 is 3.12. The monoisotopic (exact) mass is 241 g/mol. The van der Waals surface area contributed by atoms with Crippen molar-refractivity contribution in [3.63, 3.8) is 0 Å². The Morgan fingerprint density at radius 2 is 2.33 bits per heavy atom. The van der Waals surface area contributed by atoms with Gasteiger partial charge in [0.1, 0.15) is 4.88 Å². The van der Waals surface area contributed by atoms with Gasteiger partial charge >= 0.3 is 5.97 Å². The summed E-state index contributed by atoms with van der Waals surface area (Å²) in [5, 5.41) is 11.0. The van der Waals surface area contributed by atoms with Gasteiger partial charge in [0.25, 0.3) is 0 Å². The van der Waals surface area contributed by atoms with Crippen LogP contribution in [0.4, 0.5) is 5.69 Å². The molecule has 80 valence electrons. The zero-order chi connectivity index (χ0) is 10.6. The molecule has 2 heterocycles. The first kappa shape index (κ1) is 9.54. The summed E-state index contributed by atoms with van der Waals surface area (Å²) in [6, 6.07) is 0. The van der Waals surface area contributed by atoms with E-state index >= 15 is 0 Å². The summed E-state index contributed by atoms with van der Waals surface area (Å²) < 4.78 is 0.326. The van der Waals surface area contributed by atoms with E-state index in [0.717, 1.165) is 17.1 Å². The van der Waals surface area contributed by atoms with Crippen molar-refractivity contribution in [2.45, 2.75) is 22.5 Å². The fraction of sp³-hybridized carbons (Fsp3) is 0.500. The highest BCUT2D eigenvalue weighted by molar-refractivity contribution is 8.01. The Balaban J connectivity index is 2.08. The van der Waals surface area contributed by atoms with Crippen LogP contribution in [-0.2, 0) is 0 Å². The lowest BCUT2D eigenvalue weighted by atomic mass is 10.3. The van der Waals surface area contributed by atoms with Gasteiger partial charge in [0, 0.05) is 23.7 Å². The number of aromatic carboxylic acids is 1. The second kappa shape index (κ2) is 2.92. The van der Waals surface area contributed by atoms with E-state index in [4.69, 9.17) is 5.11 Å². The van der Waals surface area contributed by atoms with E-state index in [1.165, 1.54) is 24.2 Å². The molecular weight excluding hydrogens is 230 g/mol. The van der Waals surface area contributed by atoms with E-state index in [0.29, 0.717) is 9.62 Å². The number of carboxylic acid groups (broad SMARTS) is 1. The fourth-order valence-electron chi connectivity index (χ4n) is 2.01. The second-order valence-corrected chi connectivity index (χ2v) is 6.58. The Morgan fingerprint density at radius 1 is 1.60 bits per heavy atom. The molecule has 1 saturated carbocycles. The minimum absolute atomic E-state index is 0.326. The molecule has 1 aromatic heterocycles. The molecule has 0 radical (unpaired) electrons. The van der Waals surface area contributed by atoms with Crippen molar-refractivity contribution in [3.8, 4) is 0 Å². The topological polar surface area (TPSA) is 40.5 Å². The number of hydrogen-bond donors (Lipinski definition) is 1. The molecule has 1 aromatic rings. The van der Waals surface area contributed by atoms with Crippen LogP contribution in [0.1, 0.15) is 22.5 Å². The molecule has 3 nitrogen and oxygen atoms in total. The quantitative estimate of drug-likeness (QED) is 0.820. The normalized spacial score (nSPS) is 21.5. The summed E-state index contributed by atoms with van der Waals surface area (Å²) in [5.74, 6) is -0.792. The van der Waals surface area contributed by atoms with Gasteiger partial charge in [-0.2, -0.15) is 0 Å². The van der Waals surface area contributed by atoms with E-state index in [1.54, 1.807) is 11.8 Å². The second-order valence-electron chi connectivity index (χ2n) is 4.23. The molecule has 0 atom stereocenters. The number of thioether (sulfide) groups is 1. The van der Waals surface area contributed by atoms with Gasteiger partial charge in [0.2, 0.25) is 0 Å². The zero-order valence-corrected chi connectivity index (χ0v) is 9.95. The van der Waals surface area contributed by atoms with Gasteiger partial charge in [-0.05, 0) is 12.8 Å². The van der Waals surface area contributed by atoms with Gasteiger partial charge in [0.05, 0.1) is 10.6 Å². The molecule has 1 fully saturated rings. The van der Waals surface area contributed by atoms with Crippen LogP contribution in [0.3, 0.4) is 0 Å². The predicted octanol–water partition coefficient (Wildman–Crippen LogP) is 2.52. The minimum Gasteiger partial charge on any atom is -0.477 e. The maximum Gasteiger partial charge on any atom is 0.347 e. The Morgan fingerprint density at radius 3 is 2.93 bits per heavy atom. The number of thiophene rings is 1. The predicted molar refractivity (Wildman–Crippen MR) is 62.4 cm³/mol. The average Bonchev–Trinajstić information content (AvgIpc) is 2.77. The van der Waals surface area contributed by atoms with Crippen molar-refractivity contribution in [1.82, 2.24) is 0 Å². The molecule has 0 bridgehead atoms. The molecule has 15 heavy (non-hydrogen) atoms. The van der Waals surface area contributed by atoms with Crippen LogP contribution in [0.25, 0.3) is 0 Å². The molecule has 1 spiro atoms. The van der Waals surface area contributed by atoms with Crippen molar-refractivity contribution in [2.24, 2.45) is 0 Å². The average molecular weight is 241 g/mol. The highest BCUT2D eigenvalue weighted by Gasteiger charge is 2.49. The van der Waals surface area contributed by atoms with Gasteiger partial charge in [-0.15, -0.1) is 23.1 Å². The van der Waals surface area contributed by atoms with Crippen LogP contribution in [0.2, 0.25) is 0 Å². The van der Waals surface area contributed by atoms with E-state index in [2.05, 4.69) is 11.9 Å². The standard InChI is InChI=1S/C10H11NO2S2/c1-11-5-10(2-3-10)15-7-6(11)4-14-8(7)9(12)13/h4H,2-3,5H2,1H3,(H,12,13). The number of nitrogens with zero attached hydrogens (tertiary/aromatic N) is 1. The molecule has 3 rings (SSSR count). The Bertz CT molecular complexity index is 437. The first-order chi connectivity index (χ1) is 7.11. The summed E-state index contributed by atoms with van der Waals surface area (Å²) in [7, 11) is 2.05. The summed E-state index contributed by atoms with van der Waals surface area (Å²) in [6.07, 6.45) is 2.44. The van der Waals surface area contributed by atoms with Crippen LogP contribution in [0.15, 0.2) is 10.3 Å². The highest BCUT2D eigenvalue weighted by atomic mass is 32.2. The molecular formula is C10H11NO2S2. The van der Waals surface area contributed by atoms with Crippen LogP contribution in [-0.4, -0.2) is 29.4 Å². The number of anilines is 1. The molecule has 1 aliphatic heterocycles. The summed E-state index contributed by atoms with van der Waals surface area (Å²) in [6.45, 7) is 1.06. The third kappa shape index (κ3) is 1.37. The molecule has 0 unspecified atom stereocenters. The molecule has 5 heteroatoms. The number of carboxylic acids is 1. The van der Waals surface area contributed by atoms with E-state index < -0.39 is 5.97 Å². The smallest absolute Gasteiger partial charge is 0.347 e. The van der Waals surface area contributed by atoms with Crippen molar-refractivity contribution in [1.29, 1.82) is 0 Å². The molecule has 1 N–H and O–H groups in total. The number of carbonyl (C=O) groups is 1. The number of hydrogen-bond acceptors (Lipinski definition) is 4. The number of rotatable bonds is 1. The van der Waals surface area contributed by atoms with Gasteiger partial charge in [-0.3, -0.25) is 0 Å². The molecule has 1 aliphatic carbocycles. The lowest BCUT2D eigenvalue weighted by molar-refractivity contribution is 0.0699. The third-order valence-corrected chi connectivity index (χ3v) is 5.66. The maximum absolute atomic E-state index is 11.1. The summed E-state index contributed by atoms with van der Waals surface area (Å²) in [4.78, 5) is 14.7. The molecule has 0 amide bonds. The highest BCUT2D eigenvalue weighted by Crippen LogP contribution is 2.59. The Labute approximate surface area is 96.1 Å².